The molecule has 0 fully saturated rings. The van der Waals surface area contributed by atoms with Gasteiger partial charge < -0.3 is 4.84 Å². The van der Waals surface area contributed by atoms with Gasteiger partial charge in [-0.2, -0.15) is 0 Å². The molecule has 2 nitrogen and oxygen atoms in total. The van der Waals surface area contributed by atoms with E-state index in [2.05, 4.69) is 16.1 Å². The van der Waals surface area contributed by atoms with Crippen molar-refractivity contribution in [1.29, 1.82) is 0 Å². The van der Waals surface area contributed by atoms with Crippen LogP contribution in [0, 0.1) is 17.7 Å². The zero-order chi connectivity index (χ0) is 8.97. The maximum Gasteiger partial charge on any atom is 0.132 e. The number of hydrogen-bond acceptors (Lipinski definition) is 2. The van der Waals surface area contributed by atoms with Crippen molar-refractivity contribution < 1.29 is 13.6 Å². The first kappa shape index (κ1) is 8.64. The lowest BCUT2D eigenvalue weighted by atomic mass is 10.2. The van der Waals surface area contributed by atoms with Crippen molar-refractivity contribution >= 4 is 6.21 Å². The minimum absolute atomic E-state index is 0.0585. The lowest BCUT2D eigenvalue weighted by Crippen LogP contribution is -1.90. The van der Waals surface area contributed by atoms with E-state index in [9.17, 15) is 8.78 Å². The molecule has 0 aliphatic carbocycles. The highest BCUT2D eigenvalue weighted by Crippen LogP contribution is 2.05. The maximum absolute atomic E-state index is 12.7. The van der Waals surface area contributed by atoms with Gasteiger partial charge in [0.25, 0.3) is 0 Å². The second-order valence-corrected chi connectivity index (χ2v) is 1.98. The summed E-state index contributed by atoms with van der Waals surface area (Å²) in [5.74, 6) is -1.22. The molecule has 1 radical (unpaired) electrons. The van der Waals surface area contributed by atoms with Gasteiger partial charge in [0.1, 0.15) is 18.7 Å². The molecule has 12 heavy (non-hydrogen) atoms. The molecule has 0 saturated carbocycles. The molecule has 0 unspecified atom stereocenters. The van der Waals surface area contributed by atoms with Crippen LogP contribution in [0.4, 0.5) is 8.78 Å². The van der Waals surface area contributed by atoms with Crippen LogP contribution in [0.3, 0.4) is 0 Å². The molecule has 0 atom stereocenters. The molecular weight excluding hydrogens is 164 g/mol. The summed E-state index contributed by atoms with van der Waals surface area (Å²) in [5.41, 5.74) is -0.0585. The quantitative estimate of drug-likeness (QED) is 0.489. The van der Waals surface area contributed by atoms with Crippen LogP contribution in [0.2, 0.25) is 0 Å². The van der Waals surface area contributed by atoms with E-state index < -0.39 is 11.6 Å². The SMILES string of the molecule is CON=Cc1[c]c(F)ccc1F. The third kappa shape index (κ3) is 2.02. The molecule has 0 N–H and O–H groups in total. The fourth-order valence-corrected chi connectivity index (χ4v) is 0.665. The number of benzene rings is 1. The van der Waals surface area contributed by atoms with Gasteiger partial charge in [0, 0.05) is 11.6 Å². The van der Waals surface area contributed by atoms with Gasteiger partial charge in [-0.3, -0.25) is 0 Å². The summed E-state index contributed by atoms with van der Waals surface area (Å²) in [7, 11) is 1.31. The highest BCUT2D eigenvalue weighted by molar-refractivity contribution is 5.78. The van der Waals surface area contributed by atoms with Gasteiger partial charge in [-0.25, -0.2) is 8.78 Å². The minimum Gasteiger partial charge on any atom is -0.399 e. The number of hydrogen-bond donors (Lipinski definition) is 0. The van der Waals surface area contributed by atoms with Crippen LogP contribution in [0.25, 0.3) is 0 Å². The molecule has 0 aliphatic heterocycles. The largest absolute Gasteiger partial charge is 0.399 e. The molecule has 0 aliphatic rings. The van der Waals surface area contributed by atoms with Gasteiger partial charge >= 0.3 is 0 Å². The van der Waals surface area contributed by atoms with Gasteiger partial charge in [-0.1, -0.05) is 5.16 Å². The molecule has 1 aromatic rings. The van der Waals surface area contributed by atoms with Crippen molar-refractivity contribution in [1.82, 2.24) is 0 Å². The highest BCUT2D eigenvalue weighted by Gasteiger charge is 2.00. The van der Waals surface area contributed by atoms with Crippen molar-refractivity contribution in [3.63, 3.8) is 0 Å². The van der Waals surface area contributed by atoms with Crippen molar-refractivity contribution in [3.05, 3.63) is 35.4 Å². The van der Waals surface area contributed by atoms with E-state index in [0.717, 1.165) is 18.3 Å². The molecule has 0 bridgehead atoms. The van der Waals surface area contributed by atoms with E-state index >= 15 is 0 Å². The fraction of sp³-hybridized carbons (Fsp3) is 0.125. The van der Waals surface area contributed by atoms with Crippen molar-refractivity contribution in [2.24, 2.45) is 5.16 Å². The number of nitrogens with zero attached hydrogens (tertiary/aromatic N) is 1. The first-order valence-corrected chi connectivity index (χ1v) is 3.18. The summed E-state index contributed by atoms with van der Waals surface area (Å²) in [4.78, 5) is 4.30. The Bertz CT molecular complexity index is 299. The molecule has 1 rings (SSSR count). The molecule has 0 spiro atoms. The predicted octanol–water partition coefficient (Wildman–Crippen LogP) is 1.75. The summed E-state index contributed by atoms with van der Waals surface area (Å²) >= 11 is 0. The summed E-state index contributed by atoms with van der Waals surface area (Å²) in [6.45, 7) is 0. The number of rotatable bonds is 2. The first-order valence-electron chi connectivity index (χ1n) is 3.18. The molecule has 0 amide bonds. The topological polar surface area (TPSA) is 21.6 Å². The molecule has 63 valence electrons. The third-order valence-electron chi connectivity index (χ3n) is 1.17. The monoisotopic (exact) mass is 170 g/mol. The fourth-order valence-electron chi connectivity index (χ4n) is 0.665. The van der Waals surface area contributed by atoms with Crippen molar-refractivity contribution in [3.8, 4) is 0 Å². The molecule has 0 heterocycles. The van der Waals surface area contributed by atoms with Crippen LogP contribution < -0.4 is 0 Å². The van der Waals surface area contributed by atoms with Crippen molar-refractivity contribution in [2.75, 3.05) is 7.11 Å². The summed E-state index contributed by atoms with van der Waals surface area (Å²) in [5, 5.41) is 3.28. The lowest BCUT2D eigenvalue weighted by molar-refractivity contribution is 0.215. The molecule has 0 saturated heterocycles. The van der Waals surface area contributed by atoms with Gasteiger partial charge in [-0.05, 0) is 12.1 Å². The average Bonchev–Trinajstić information content (AvgIpc) is 2.07. The highest BCUT2D eigenvalue weighted by atomic mass is 19.1. The van der Waals surface area contributed by atoms with E-state index in [-0.39, 0.29) is 5.56 Å². The summed E-state index contributed by atoms with van der Waals surface area (Å²) in [6.07, 6.45) is 1.05. The van der Waals surface area contributed by atoms with Crippen LogP contribution in [0.5, 0.6) is 0 Å². The molecule has 0 aromatic heterocycles. The third-order valence-corrected chi connectivity index (χ3v) is 1.17. The maximum atomic E-state index is 12.7. The lowest BCUT2D eigenvalue weighted by Gasteiger charge is -1.94. The Hall–Kier alpha value is -1.45. The smallest absolute Gasteiger partial charge is 0.132 e. The Balaban J connectivity index is 2.97. The van der Waals surface area contributed by atoms with Crippen LogP contribution in [-0.4, -0.2) is 13.3 Å². The zero-order valence-corrected chi connectivity index (χ0v) is 6.34. The minimum atomic E-state index is -0.631. The zero-order valence-electron chi connectivity index (χ0n) is 6.34. The van der Waals surface area contributed by atoms with Crippen LogP contribution >= 0.6 is 0 Å². The van der Waals surface area contributed by atoms with E-state index in [1.807, 2.05) is 0 Å². The Morgan fingerprint density at radius 1 is 1.50 bits per heavy atom. The van der Waals surface area contributed by atoms with Crippen LogP contribution in [0.15, 0.2) is 17.3 Å². The van der Waals surface area contributed by atoms with Gasteiger partial charge in [0.05, 0.1) is 6.21 Å². The first-order chi connectivity index (χ1) is 5.74. The molecule has 1 aromatic carbocycles. The Morgan fingerprint density at radius 2 is 2.25 bits per heavy atom. The molecular formula is C8H6F2NO. The number of oxime groups is 1. The van der Waals surface area contributed by atoms with E-state index in [0.29, 0.717) is 0 Å². The van der Waals surface area contributed by atoms with E-state index in [1.165, 1.54) is 7.11 Å². The summed E-state index contributed by atoms with van der Waals surface area (Å²) in [6, 6.07) is 4.13. The van der Waals surface area contributed by atoms with Crippen LogP contribution in [0.1, 0.15) is 5.56 Å². The average molecular weight is 170 g/mol. The van der Waals surface area contributed by atoms with Gasteiger partial charge in [-0.15, -0.1) is 0 Å². The second-order valence-electron chi connectivity index (χ2n) is 1.98. The number of halogens is 2. The van der Waals surface area contributed by atoms with Gasteiger partial charge in [0.2, 0.25) is 0 Å². The van der Waals surface area contributed by atoms with E-state index in [1.54, 1.807) is 0 Å². The van der Waals surface area contributed by atoms with Crippen molar-refractivity contribution in [2.45, 2.75) is 0 Å². The predicted molar refractivity (Wildman–Crippen MR) is 39.8 cm³/mol. The normalized spacial score (nSPS) is 10.6. The Morgan fingerprint density at radius 3 is 2.92 bits per heavy atom. The van der Waals surface area contributed by atoms with E-state index in [4.69, 9.17) is 0 Å². The molecule has 4 heteroatoms. The second kappa shape index (κ2) is 3.80. The van der Waals surface area contributed by atoms with Crippen LogP contribution in [-0.2, 0) is 4.84 Å². The Kier molecular flexibility index (Phi) is 2.74. The standard InChI is InChI=1S/C8H6F2NO/c1-12-11-5-6-4-7(9)2-3-8(6)10/h2-3,5H,1H3. The summed E-state index contributed by atoms with van der Waals surface area (Å²) < 4.78 is 25.2. The Labute approximate surface area is 68.5 Å². The van der Waals surface area contributed by atoms with Gasteiger partial charge in [0.15, 0.2) is 0 Å².